The molecule has 0 amide bonds. The molecule has 0 saturated heterocycles. The highest BCUT2D eigenvalue weighted by atomic mass is 16.5. The number of methoxy groups -OCH3 is 2. The molecule has 2 heteroatoms. The van der Waals surface area contributed by atoms with Crippen LogP contribution in [0.5, 0.6) is 11.5 Å². The van der Waals surface area contributed by atoms with E-state index in [0.29, 0.717) is 11.8 Å². The number of allylic oxidation sites excluding steroid dienone is 2. The van der Waals surface area contributed by atoms with Gasteiger partial charge >= 0.3 is 0 Å². The first-order valence-corrected chi connectivity index (χ1v) is 11.5. The average molecular weight is 421 g/mol. The zero-order valence-corrected chi connectivity index (χ0v) is 19.2. The van der Waals surface area contributed by atoms with Crippen LogP contribution in [0.3, 0.4) is 0 Å². The number of hydrogen-bond donors (Lipinski definition) is 0. The molecule has 2 aliphatic carbocycles. The van der Waals surface area contributed by atoms with Crippen molar-refractivity contribution in [2.45, 2.75) is 26.7 Å². The van der Waals surface area contributed by atoms with E-state index in [1.165, 1.54) is 43.8 Å². The molecule has 0 spiro atoms. The number of fused-ring (bicyclic) bond motifs is 6. The monoisotopic (exact) mass is 420 g/mol. The van der Waals surface area contributed by atoms with Crippen LogP contribution >= 0.6 is 0 Å². The van der Waals surface area contributed by atoms with Gasteiger partial charge in [-0.25, -0.2) is 0 Å². The van der Waals surface area contributed by atoms with Crippen molar-refractivity contribution < 1.29 is 9.47 Å². The largest absolute Gasteiger partial charge is 0.497 e. The molecule has 0 saturated carbocycles. The van der Waals surface area contributed by atoms with Gasteiger partial charge in [0.05, 0.1) is 14.2 Å². The molecule has 32 heavy (non-hydrogen) atoms. The van der Waals surface area contributed by atoms with Crippen molar-refractivity contribution in [3.05, 3.63) is 82.9 Å². The Bertz CT molecular complexity index is 1320. The molecular weight excluding hydrogens is 392 g/mol. The van der Waals surface area contributed by atoms with Crippen molar-refractivity contribution in [3.8, 4) is 11.5 Å². The summed E-state index contributed by atoms with van der Waals surface area (Å²) in [5.41, 5.74) is 8.95. The molecule has 4 aromatic rings. The van der Waals surface area contributed by atoms with Gasteiger partial charge in [0.2, 0.25) is 0 Å². The quantitative estimate of drug-likeness (QED) is 0.339. The van der Waals surface area contributed by atoms with E-state index in [9.17, 15) is 0 Å². The highest BCUT2D eigenvalue weighted by molar-refractivity contribution is 6.10. The van der Waals surface area contributed by atoms with Crippen molar-refractivity contribution >= 4 is 32.7 Å². The Morgan fingerprint density at radius 3 is 1.44 bits per heavy atom. The summed E-state index contributed by atoms with van der Waals surface area (Å²) < 4.78 is 11.0. The van der Waals surface area contributed by atoms with Crippen LogP contribution in [0.25, 0.3) is 32.7 Å². The molecule has 160 valence electrons. The van der Waals surface area contributed by atoms with Crippen LogP contribution < -0.4 is 9.47 Å². The number of benzene rings is 4. The highest BCUT2D eigenvalue weighted by Crippen LogP contribution is 2.52. The minimum absolute atomic E-state index is 0.509. The Morgan fingerprint density at radius 2 is 1.03 bits per heavy atom. The fourth-order valence-electron chi connectivity index (χ4n) is 6.09. The minimum Gasteiger partial charge on any atom is -0.497 e. The third kappa shape index (κ3) is 2.72. The van der Waals surface area contributed by atoms with Crippen LogP contribution in [-0.2, 0) is 12.8 Å². The summed E-state index contributed by atoms with van der Waals surface area (Å²) in [5.74, 6) is 2.85. The zero-order valence-electron chi connectivity index (χ0n) is 19.2. The van der Waals surface area contributed by atoms with Gasteiger partial charge in [-0.05, 0) is 104 Å². The van der Waals surface area contributed by atoms with Crippen molar-refractivity contribution in [2.75, 3.05) is 14.2 Å². The summed E-state index contributed by atoms with van der Waals surface area (Å²) in [6.45, 7) is 4.80. The minimum atomic E-state index is 0.509. The SMILES string of the molecule is COc1ccc2c3c(ccc2c1)C[C@@H](C)/C3=C1\c2c(ccc3cc(OC)ccc23)C[C@H]1C. The smallest absolute Gasteiger partial charge is 0.119 e. The second kappa shape index (κ2) is 7.13. The third-order valence-corrected chi connectivity index (χ3v) is 7.49. The van der Waals surface area contributed by atoms with Gasteiger partial charge in [-0.1, -0.05) is 50.2 Å². The molecule has 0 aliphatic heterocycles. The van der Waals surface area contributed by atoms with Crippen molar-refractivity contribution in [3.63, 3.8) is 0 Å². The van der Waals surface area contributed by atoms with E-state index < -0.39 is 0 Å². The lowest BCUT2D eigenvalue weighted by Gasteiger charge is -2.19. The standard InChI is InChI=1S/C30H28O2/c1-17-13-21-7-5-19-15-23(31-3)9-11-25(19)29(21)27(17)28-18(2)14-22-8-6-20-16-24(32-4)10-12-26(20)30(22)28/h5-12,15-18H,13-14H2,1-4H3/b28-27+/t17-,18-/m1/s1. The normalized spacial score (nSPS) is 21.8. The summed E-state index contributed by atoms with van der Waals surface area (Å²) in [6.07, 6.45) is 2.22. The highest BCUT2D eigenvalue weighted by Gasteiger charge is 2.35. The molecule has 2 atom stereocenters. The van der Waals surface area contributed by atoms with Crippen LogP contribution in [0.2, 0.25) is 0 Å². The maximum absolute atomic E-state index is 5.50. The Hall–Kier alpha value is -3.26. The van der Waals surface area contributed by atoms with Gasteiger partial charge < -0.3 is 9.47 Å². The summed E-state index contributed by atoms with van der Waals surface area (Å²) in [6, 6.07) is 22.2. The first kappa shape index (κ1) is 19.4. The fraction of sp³-hybridized carbons (Fsp3) is 0.267. The molecule has 0 bridgehead atoms. The molecule has 0 N–H and O–H groups in total. The van der Waals surface area contributed by atoms with Crippen LogP contribution in [0.15, 0.2) is 60.7 Å². The second-order valence-corrected chi connectivity index (χ2v) is 9.41. The van der Waals surface area contributed by atoms with Crippen molar-refractivity contribution in [2.24, 2.45) is 11.8 Å². The molecular formula is C30H28O2. The Balaban J connectivity index is 1.68. The second-order valence-electron chi connectivity index (χ2n) is 9.41. The summed E-state index contributed by atoms with van der Waals surface area (Å²) >= 11 is 0. The molecule has 6 rings (SSSR count). The van der Waals surface area contributed by atoms with Gasteiger partial charge in [0.25, 0.3) is 0 Å². The van der Waals surface area contributed by atoms with Crippen molar-refractivity contribution in [1.29, 1.82) is 0 Å². The topological polar surface area (TPSA) is 18.5 Å². The first-order valence-electron chi connectivity index (χ1n) is 11.5. The number of rotatable bonds is 2. The molecule has 0 radical (unpaired) electrons. The number of ether oxygens (including phenoxy) is 2. The van der Waals surface area contributed by atoms with E-state index in [1.807, 2.05) is 0 Å². The Kier molecular flexibility index (Phi) is 4.33. The molecule has 0 heterocycles. The molecule has 4 aromatic carbocycles. The molecule has 0 unspecified atom stereocenters. The lowest BCUT2D eigenvalue weighted by Crippen LogP contribution is -2.01. The van der Waals surface area contributed by atoms with Gasteiger partial charge in [-0.3, -0.25) is 0 Å². The summed E-state index contributed by atoms with van der Waals surface area (Å²) in [7, 11) is 3.47. The Labute approximate surface area is 189 Å². The first-order chi connectivity index (χ1) is 15.6. The predicted octanol–water partition coefficient (Wildman–Crippen LogP) is 7.31. The van der Waals surface area contributed by atoms with Gasteiger partial charge in [0.1, 0.15) is 11.5 Å². The van der Waals surface area contributed by atoms with Gasteiger partial charge in [-0.15, -0.1) is 0 Å². The Morgan fingerprint density at radius 1 is 0.594 bits per heavy atom. The lowest BCUT2D eigenvalue weighted by atomic mass is 9.85. The maximum atomic E-state index is 5.50. The fourth-order valence-corrected chi connectivity index (χ4v) is 6.09. The van der Waals surface area contributed by atoms with Crippen LogP contribution in [0, 0.1) is 11.8 Å². The average Bonchev–Trinajstić information content (AvgIpc) is 3.33. The summed E-state index contributed by atoms with van der Waals surface area (Å²) in [4.78, 5) is 0. The lowest BCUT2D eigenvalue weighted by molar-refractivity contribution is 0.415. The van der Waals surface area contributed by atoms with Gasteiger partial charge in [0.15, 0.2) is 0 Å². The van der Waals surface area contributed by atoms with E-state index in [1.54, 1.807) is 25.4 Å². The van der Waals surface area contributed by atoms with Crippen LogP contribution in [0.4, 0.5) is 0 Å². The van der Waals surface area contributed by atoms with E-state index in [2.05, 4.69) is 74.5 Å². The molecule has 2 aliphatic rings. The number of hydrogen-bond acceptors (Lipinski definition) is 2. The molecule has 2 nitrogen and oxygen atoms in total. The van der Waals surface area contributed by atoms with Crippen molar-refractivity contribution in [1.82, 2.24) is 0 Å². The van der Waals surface area contributed by atoms with Gasteiger partial charge in [-0.2, -0.15) is 0 Å². The van der Waals surface area contributed by atoms with E-state index in [-0.39, 0.29) is 0 Å². The van der Waals surface area contributed by atoms with E-state index in [4.69, 9.17) is 9.47 Å². The molecule has 0 fully saturated rings. The van der Waals surface area contributed by atoms with E-state index >= 15 is 0 Å². The molecule has 0 aromatic heterocycles. The third-order valence-electron chi connectivity index (χ3n) is 7.49. The predicted molar refractivity (Wildman–Crippen MR) is 134 cm³/mol. The van der Waals surface area contributed by atoms with Crippen LogP contribution in [0.1, 0.15) is 36.1 Å². The zero-order chi connectivity index (χ0) is 22.0. The van der Waals surface area contributed by atoms with E-state index in [0.717, 1.165) is 24.3 Å². The maximum Gasteiger partial charge on any atom is 0.119 e. The van der Waals surface area contributed by atoms with Crippen LogP contribution in [-0.4, -0.2) is 14.2 Å². The van der Waals surface area contributed by atoms with Gasteiger partial charge in [0, 0.05) is 0 Å². The summed E-state index contributed by atoms with van der Waals surface area (Å²) in [5, 5.41) is 5.20.